The molecule has 3 nitrogen and oxygen atoms in total. The van der Waals surface area contributed by atoms with Crippen LogP contribution in [0.4, 0.5) is 0 Å². The van der Waals surface area contributed by atoms with Gasteiger partial charge in [0.05, 0.1) is 0 Å². The van der Waals surface area contributed by atoms with E-state index in [1.165, 1.54) is 11.1 Å². The number of pyridine rings is 1. The molecule has 1 aromatic carbocycles. The Morgan fingerprint density at radius 2 is 1.85 bits per heavy atom. The predicted octanol–water partition coefficient (Wildman–Crippen LogP) is 2.10. The molecule has 0 spiro atoms. The summed E-state index contributed by atoms with van der Waals surface area (Å²) in [6, 6.07) is 15.6. The zero-order valence-corrected chi connectivity index (χ0v) is 11.7. The van der Waals surface area contributed by atoms with Gasteiger partial charge in [0.1, 0.15) is 0 Å². The highest BCUT2D eigenvalue weighted by atomic mass is 15.2. The van der Waals surface area contributed by atoms with Crippen LogP contribution in [0.2, 0.25) is 0 Å². The van der Waals surface area contributed by atoms with Crippen LogP contribution in [-0.2, 0) is 13.0 Å². The summed E-state index contributed by atoms with van der Waals surface area (Å²) in [6.45, 7) is 4.28. The molecule has 3 rings (SSSR count). The Balaban J connectivity index is 1.68. The minimum Gasteiger partial charge on any atom is -0.314 e. The molecule has 0 saturated carbocycles. The molecule has 2 aromatic rings. The Morgan fingerprint density at radius 1 is 1.05 bits per heavy atom. The van der Waals surface area contributed by atoms with Crippen LogP contribution in [0.1, 0.15) is 11.1 Å². The third kappa shape index (κ3) is 3.44. The standard InChI is InChI=1S/C17H21N3/c1-2-4-15(5-3-1)12-17-13-19-10-11-20(17)14-16-6-8-18-9-7-16/h1-9,17,19H,10-14H2. The van der Waals surface area contributed by atoms with Crippen molar-refractivity contribution >= 4 is 0 Å². The van der Waals surface area contributed by atoms with Crippen LogP contribution in [0.15, 0.2) is 54.9 Å². The van der Waals surface area contributed by atoms with Gasteiger partial charge in [0.25, 0.3) is 0 Å². The molecule has 104 valence electrons. The van der Waals surface area contributed by atoms with Gasteiger partial charge in [-0.3, -0.25) is 9.88 Å². The fourth-order valence-corrected chi connectivity index (χ4v) is 2.82. The van der Waals surface area contributed by atoms with Crippen molar-refractivity contribution in [3.63, 3.8) is 0 Å². The second-order valence-corrected chi connectivity index (χ2v) is 5.37. The molecule has 3 heteroatoms. The van der Waals surface area contributed by atoms with Crippen molar-refractivity contribution in [2.75, 3.05) is 19.6 Å². The van der Waals surface area contributed by atoms with Crippen LogP contribution >= 0.6 is 0 Å². The van der Waals surface area contributed by atoms with Gasteiger partial charge in [0.2, 0.25) is 0 Å². The average molecular weight is 267 g/mol. The Kier molecular flexibility index (Phi) is 4.41. The van der Waals surface area contributed by atoms with Crippen molar-refractivity contribution in [1.82, 2.24) is 15.2 Å². The van der Waals surface area contributed by atoms with Gasteiger partial charge in [-0.25, -0.2) is 0 Å². The number of nitrogens with one attached hydrogen (secondary N) is 1. The summed E-state index contributed by atoms with van der Waals surface area (Å²) < 4.78 is 0. The van der Waals surface area contributed by atoms with E-state index >= 15 is 0 Å². The van der Waals surface area contributed by atoms with Crippen molar-refractivity contribution in [2.24, 2.45) is 0 Å². The van der Waals surface area contributed by atoms with Crippen LogP contribution < -0.4 is 5.32 Å². The second kappa shape index (κ2) is 6.64. The Labute approximate surface area is 120 Å². The maximum atomic E-state index is 4.09. The summed E-state index contributed by atoms with van der Waals surface area (Å²) in [5, 5.41) is 3.52. The van der Waals surface area contributed by atoms with Crippen LogP contribution in [0, 0.1) is 0 Å². The molecule has 1 saturated heterocycles. The minimum atomic E-state index is 0.569. The summed E-state index contributed by atoms with van der Waals surface area (Å²) in [7, 11) is 0. The van der Waals surface area contributed by atoms with Crippen LogP contribution in [0.5, 0.6) is 0 Å². The number of hydrogen-bond acceptors (Lipinski definition) is 3. The van der Waals surface area contributed by atoms with E-state index in [1.54, 1.807) is 0 Å². The van der Waals surface area contributed by atoms with Gasteiger partial charge in [-0.2, -0.15) is 0 Å². The van der Waals surface area contributed by atoms with E-state index in [9.17, 15) is 0 Å². The van der Waals surface area contributed by atoms with E-state index in [-0.39, 0.29) is 0 Å². The van der Waals surface area contributed by atoms with Crippen molar-refractivity contribution in [1.29, 1.82) is 0 Å². The number of nitrogens with zero attached hydrogens (tertiary/aromatic N) is 2. The first-order valence-corrected chi connectivity index (χ1v) is 7.29. The lowest BCUT2D eigenvalue weighted by Crippen LogP contribution is -2.51. The summed E-state index contributed by atoms with van der Waals surface area (Å²) in [5.41, 5.74) is 2.76. The molecular weight excluding hydrogens is 246 g/mol. The number of rotatable bonds is 4. The minimum absolute atomic E-state index is 0.569. The van der Waals surface area contributed by atoms with E-state index in [0.717, 1.165) is 32.6 Å². The summed E-state index contributed by atoms with van der Waals surface area (Å²) in [4.78, 5) is 6.68. The molecule has 0 bridgehead atoms. The Morgan fingerprint density at radius 3 is 2.65 bits per heavy atom. The van der Waals surface area contributed by atoms with Gasteiger partial charge in [-0.15, -0.1) is 0 Å². The van der Waals surface area contributed by atoms with E-state index in [4.69, 9.17) is 0 Å². The highest BCUT2D eigenvalue weighted by molar-refractivity contribution is 5.17. The zero-order chi connectivity index (χ0) is 13.6. The summed E-state index contributed by atoms with van der Waals surface area (Å²) >= 11 is 0. The summed E-state index contributed by atoms with van der Waals surface area (Å²) in [6.07, 6.45) is 4.87. The number of hydrogen-bond donors (Lipinski definition) is 1. The van der Waals surface area contributed by atoms with Gasteiger partial charge in [0.15, 0.2) is 0 Å². The molecule has 1 aromatic heterocycles. The molecule has 2 heterocycles. The molecule has 1 atom stereocenters. The lowest BCUT2D eigenvalue weighted by molar-refractivity contribution is 0.152. The molecule has 0 radical (unpaired) electrons. The van der Waals surface area contributed by atoms with Gasteiger partial charge in [-0.1, -0.05) is 30.3 Å². The van der Waals surface area contributed by atoms with E-state index in [0.29, 0.717) is 6.04 Å². The molecule has 20 heavy (non-hydrogen) atoms. The van der Waals surface area contributed by atoms with E-state index in [2.05, 4.69) is 57.7 Å². The molecule has 1 unspecified atom stereocenters. The fourth-order valence-electron chi connectivity index (χ4n) is 2.82. The highest BCUT2D eigenvalue weighted by Gasteiger charge is 2.22. The van der Waals surface area contributed by atoms with Gasteiger partial charge in [0, 0.05) is 44.6 Å². The molecular formula is C17H21N3. The number of benzene rings is 1. The molecule has 0 amide bonds. The third-order valence-electron chi connectivity index (χ3n) is 3.92. The van der Waals surface area contributed by atoms with Gasteiger partial charge < -0.3 is 5.32 Å². The predicted molar refractivity (Wildman–Crippen MR) is 81.5 cm³/mol. The maximum absolute atomic E-state index is 4.09. The maximum Gasteiger partial charge on any atom is 0.0271 e. The molecule has 1 aliphatic rings. The quantitative estimate of drug-likeness (QED) is 0.919. The molecule has 1 aliphatic heterocycles. The lowest BCUT2D eigenvalue weighted by Gasteiger charge is -2.36. The van der Waals surface area contributed by atoms with Crippen LogP contribution in [-0.4, -0.2) is 35.6 Å². The fraction of sp³-hybridized carbons (Fsp3) is 0.353. The van der Waals surface area contributed by atoms with Crippen molar-refractivity contribution in [3.8, 4) is 0 Å². The monoisotopic (exact) mass is 267 g/mol. The molecule has 1 fully saturated rings. The van der Waals surface area contributed by atoms with Gasteiger partial charge >= 0.3 is 0 Å². The topological polar surface area (TPSA) is 28.2 Å². The van der Waals surface area contributed by atoms with E-state index < -0.39 is 0 Å². The number of piperazine rings is 1. The van der Waals surface area contributed by atoms with Crippen LogP contribution in [0.25, 0.3) is 0 Å². The Bertz CT molecular complexity index is 463. The third-order valence-corrected chi connectivity index (χ3v) is 3.92. The van der Waals surface area contributed by atoms with Crippen molar-refractivity contribution in [3.05, 3.63) is 66.0 Å². The lowest BCUT2D eigenvalue weighted by atomic mass is 10.0. The second-order valence-electron chi connectivity index (χ2n) is 5.37. The molecule has 0 aliphatic carbocycles. The first-order chi connectivity index (χ1) is 9.92. The van der Waals surface area contributed by atoms with E-state index in [1.807, 2.05) is 12.4 Å². The first kappa shape index (κ1) is 13.3. The summed E-state index contributed by atoms with van der Waals surface area (Å²) in [5.74, 6) is 0. The van der Waals surface area contributed by atoms with Crippen LogP contribution in [0.3, 0.4) is 0 Å². The smallest absolute Gasteiger partial charge is 0.0271 e. The van der Waals surface area contributed by atoms with Crippen molar-refractivity contribution in [2.45, 2.75) is 19.0 Å². The highest BCUT2D eigenvalue weighted by Crippen LogP contribution is 2.14. The normalized spacial score (nSPS) is 19.9. The number of aromatic nitrogens is 1. The van der Waals surface area contributed by atoms with Gasteiger partial charge in [-0.05, 0) is 29.7 Å². The SMILES string of the molecule is c1ccc(CC2CNCCN2Cc2ccncc2)cc1. The molecule has 1 N–H and O–H groups in total. The zero-order valence-electron chi connectivity index (χ0n) is 11.7. The van der Waals surface area contributed by atoms with Crippen molar-refractivity contribution < 1.29 is 0 Å². The first-order valence-electron chi connectivity index (χ1n) is 7.29. The Hall–Kier alpha value is -1.71. The largest absolute Gasteiger partial charge is 0.314 e. The average Bonchev–Trinajstić information content (AvgIpc) is 2.51.